The third kappa shape index (κ3) is 9.80. The fourth-order valence-corrected chi connectivity index (χ4v) is 4.85. The number of nitrogens with zero attached hydrogens (tertiary/aromatic N) is 2. The molecule has 0 amide bonds. The van der Waals surface area contributed by atoms with Crippen molar-refractivity contribution in [2.24, 2.45) is 0 Å². The van der Waals surface area contributed by atoms with Crippen LogP contribution in [0.25, 0.3) is 0 Å². The second-order valence-electron chi connectivity index (χ2n) is 12.5. The molecule has 0 N–H and O–H groups in total. The zero-order chi connectivity index (χ0) is 31.0. The van der Waals surface area contributed by atoms with Crippen LogP contribution in [-0.2, 0) is 36.7 Å². The molecule has 0 saturated heterocycles. The average molecular weight is 597 g/mol. The molecule has 0 radical (unpaired) electrons. The Labute approximate surface area is 276 Å². The van der Waals surface area contributed by atoms with Gasteiger partial charge in [0, 0.05) is 0 Å². The molecule has 0 atom stereocenters. The van der Waals surface area contributed by atoms with Gasteiger partial charge >= 0.3 is 25.8 Å². The Kier molecular flexibility index (Phi) is 14.1. The number of hydrogen-bond donors (Lipinski definition) is 0. The van der Waals surface area contributed by atoms with E-state index >= 15 is 0 Å². The van der Waals surface area contributed by atoms with Crippen molar-refractivity contribution in [1.82, 2.24) is 0 Å². The normalized spacial score (nSPS) is 10.7. The summed E-state index contributed by atoms with van der Waals surface area (Å²) in [5.41, 5.74) is 9.67. The number of ether oxygens (including phenoxy) is 1. The average Bonchev–Trinajstić information content (AvgIpc) is 3.45. The Morgan fingerprint density at radius 3 is 1.40 bits per heavy atom. The number of hydrogen-bond acceptors (Lipinski definition) is 3. The SMILES string of the molecule is COc1c(C(C)(C)C)cc(C)cc1C(C)(C)[c-]1cccc1.[CH2-]c1ccccc1N(C)C.[CH2-]c1ccccc1N(C)C.[Sc+3]. The number of rotatable bonds is 5. The van der Waals surface area contributed by atoms with Crippen LogP contribution in [0.2, 0.25) is 0 Å². The van der Waals surface area contributed by atoms with Crippen molar-refractivity contribution in [2.75, 3.05) is 45.1 Å². The largest absolute Gasteiger partial charge is 3.00 e. The van der Waals surface area contributed by atoms with Crippen molar-refractivity contribution in [3.05, 3.63) is 132 Å². The first-order valence-corrected chi connectivity index (χ1v) is 14.2. The molecule has 0 unspecified atom stereocenters. The fraction of sp³-hybridized carbons (Fsp3) is 0.342. The van der Waals surface area contributed by atoms with Gasteiger partial charge in [0.15, 0.2) is 0 Å². The molecule has 4 aromatic carbocycles. The number of para-hydroxylation sites is 2. The molecule has 0 saturated carbocycles. The molecule has 222 valence electrons. The minimum Gasteiger partial charge on any atom is -0.496 e. The number of anilines is 2. The van der Waals surface area contributed by atoms with Gasteiger partial charge in [-0.1, -0.05) is 88.0 Å². The molecule has 0 bridgehead atoms. The van der Waals surface area contributed by atoms with Crippen LogP contribution in [0.5, 0.6) is 5.75 Å². The summed E-state index contributed by atoms with van der Waals surface area (Å²) in [6, 6.07) is 29.3. The third-order valence-electron chi connectivity index (χ3n) is 7.25. The molecule has 3 nitrogen and oxygen atoms in total. The van der Waals surface area contributed by atoms with Crippen molar-refractivity contribution in [1.29, 1.82) is 0 Å². The van der Waals surface area contributed by atoms with Gasteiger partial charge in [0.1, 0.15) is 5.75 Å². The van der Waals surface area contributed by atoms with Gasteiger partial charge in [0.05, 0.1) is 7.11 Å². The molecule has 0 aromatic heterocycles. The van der Waals surface area contributed by atoms with E-state index in [2.05, 4.69) is 114 Å². The van der Waals surface area contributed by atoms with E-state index in [0.29, 0.717) is 0 Å². The van der Waals surface area contributed by atoms with Gasteiger partial charge in [-0.2, -0.15) is 49.2 Å². The predicted octanol–water partition coefficient (Wildman–Crippen LogP) is 9.21. The molecule has 4 aromatic rings. The topological polar surface area (TPSA) is 15.7 Å². The second kappa shape index (κ2) is 16.0. The first-order chi connectivity index (χ1) is 19.1. The van der Waals surface area contributed by atoms with E-state index in [-0.39, 0.29) is 36.7 Å². The Hall–Kier alpha value is -2.98. The zero-order valence-corrected chi connectivity index (χ0v) is 29.7. The van der Waals surface area contributed by atoms with Gasteiger partial charge in [-0.3, -0.25) is 0 Å². The van der Waals surface area contributed by atoms with Crippen LogP contribution < -0.4 is 14.5 Å². The van der Waals surface area contributed by atoms with E-state index < -0.39 is 0 Å². The molecular formula is C38H51N2OSc. The quantitative estimate of drug-likeness (QED) is 0.214. The van der Waals surface area contributed by atoms with E-state index in [9.17, 15) is 0 Å². The molecule has 0 aliphatic heterocycles. The van der Waals surface area contributed by atoms with Gasteiger partial charge in [0.25, 0.3) is 0 Å². The van der Waals surface area contributed by atoms with Crippen molar-refractivity contribution in [3.63, 3.8) is 0 Å². The number of benzene rings is 3. The second-order valence-corrected chi connectivity index (χ2v) is 12.5. The van der Waals surface area contributed by atoms with E-state index in [0.717, 1.165) is 16.9 Å². The van der Waals surface area contributed by atoms with Gasteiger partial charge in [-0.15, -0.1) is 17.7 Å². The minimum atomic E-state index is -0.0686. The molecule has 4 heteroatoms. The van der Waals surface area contributed by atoms with Crippen LogP contribution in [-0.4, -0.2) is 35.3 Å². The third-order valence-corrected chi connectivity index (χ3v) is 7.25. The van der Waals surface area contributed by atoms with Crippen LogP contribution in [0.15, 0.2) is 84.9 Å². The van der Waals surface area contributed by atoms with Crippen LogP contribution in [0.4, 0.5) is 11.4 Å². The molecule has 42 heavy (non-hydrogen) atoms. The number of aryl methyl sites for hydroxylation is 1. The first-order valence-electron chi connectivity index (χ1n) is 14.2. The van der Waals surface area contributed by atoms with Crippen LogP contribution in [0, 0.1) is 20.8 Å². The summed E-state index contributed by atoms with van der Waals surface area (Å²) in [6.07, 6.45) is 0. The van der Waals surface area contributed by atoms with Crippen molar-refractivity contribution >= 4 is 11.4 Å². The molecule has 0 spiro atoms. The summed E-state index contributed by atoms with van der Waals surface area (Å²) in [5.74, 6) is 1.03. The Bertz CT molecular complexity index is 1310. The summed E-state index contributed by atoms with van der Waals surface area (Å²) in [6.45, 7) is 21.2. The maximum Gasteiger partial charge on any atom is 3.00 e. The molecule has 0 aliphatic rings. The molecule has 0 aliphatic carbocycles. The molecule has 0 fully saturated rings. The smallest absolute Gasteiger partial charge is 0.496 e. The Morgan fingerprint density at radius 1 is 0.667 bits per heavy atom. The van der Waals surface area contributed by atoms with E-state index in [1.54, 1.807) is 7.11 Å². The van der Waals surface area contributed by atoms with Crippen LogP contribution >= 0.6 is 0 Å². The molecule has 4 rings (SSSR count). The first kappa shape index (κ1) is 37.0. The summed E-state index contributed by atoms with van der Waals surface area (Å²) in [4.78, 5) is 4.12. The van der Waals surface area contributed by atoms with Crippen molar-refractivity contribution in [3.8, 4) is 5.75 Å². The maximum atomic E-state index is 5.84. The van der Waals surface area contributed by atoms with Gasteiger partial charge in [-0.25, -0.2) is 12.1 Å². The summed E-state index contributed by atoms with van der Waals surface area (Å²) >= 11 is 0. The van der Waals surface area contributed by atoms with Gasteiger partial charge in [0.2, 0.25) is 0 Å². The minimum absolute atomic E-state index is 0. The monoisotopic (exact) mass is 596 g/mol. The zero-order valence-electron chi connectivity index (χ0n) is 27.9. The Morgan fingerprint density at radius 2 is 1.07 bits per heavy atom. The number of methoxy groups -OCH3 is 1. The van der Waals surface area contributed by atoms with E-state index in [1.807, 2.05) is 64.6 Å². The summed E-state index contributed by atoms with van der Waals surface area (Å²) in [5, 5.41) is 0. The van der Waals surface area contributed by atoms with Crippen molar-refractivity contribution < 1.29 is 30.6 Å². The molecule has 0 heterocycles. The standard InChI is InChI=1S/C20H27O.2C9H12N.Sc/c1-14-12-16(19(2,3)4)18(21-7)17(13-14)20(5,6)15-10-8-9-11-15;2*1-8-6-4-5-7-9(8)10(2)3;/h8-13H,1-7H3;2*4-7H,1H2,2-3H3;/q3*-1;+3. The summed E-state index contributed by atoms with van der Waals surface area (Å²) in [7, 11) is 9.85. The van der Waals surface area contributed by atoms with E-state index in [1.165, 1.54) is 33.6 Å². The van der Waals surface area contributed by atoms with Crippen molar-refractivity contribution in [2.45, 2.75) is 52.4 Å². The van der Waals surface area contributed by atoms with E-state index in [4.69, 9.17) is 4.74 Å². The maximum absolute atomic E-state index is 5.84. The van der Waals surface area contributed by atoms with Crippen LogP contribution in [0.1, 0.15) is 68.0 Å². The fourth-order valence-electron chi connectivity index (χ4n) is 4.85. The van der Waals surface area contributed by atoms with Crippen LogP contribution in [0.3, 0.4) is 0 Å². The summed E-state index contributed by atoms with van der Waals surface area (Å²) < 4.78 is 5.84. The predicted molar refractivity (Wildman–Crippen MR) is 181 cm³/mol. The molecular weight excluding hydrogens is 545 g/mol. The van der Waals surface area contributed by atoms with Gasteiger partial charge in [-0.05, 0) is 57.1 Å². The van der Waals surface area contributed by atoms with Gasteiger partial charge < -0.3 is 14.5 Å². The Balaban J connectivity index is 0.000000351.